The minimum Gasteiger partial charge on any atom is -0.437 e. The zero-order valence-electron chi connectivity index (χ0n) is 8.95. The molecule has 4 nitrogen and oxygen atoms in total. The monoisotopic (exact) mass is 405 g/mol. The van der Waals surface area contributed by atoms with Gasteiger partial charge >= 0.3 is 0 Å². The molecule has 1 aromatic heterocycles. The van der Waals surface area contributed by atoms with Gasteiger partial charge < -0.3 is 10.1 Å². The molecular formula is C11H9BrIN3O. The minimum atomic E-state index is 0.494. The van der Waals surface area contributed by atoms with Crippen LogP contribution in [0, 0.1) is 3.57 Å². The first-order chi connectivity index (χ1) is 8.20. The predicted molar refractivity (Wildman–Crippen MR) is 78.5 cm³/mol. The number of rotatable bonds is 3. The molecule has 0 unspecified atom stereocenters. The summed E-state index contributed by atoms with van der Waals surface area (Å²) in [6.07, 6.45) is 1.66. The molecule has 0 aliphatic heterocycles. The van der Waals surface area contributed by atoms with Gasteiger partial charge in [0.25, 0.3) is 0 Å². The highest BCUT2D eigenvalue weighted by molar-refractivity contribution is 14.1. The zero-order valence-corrected chi connectivity index (χ0v) is 12.7. The van der Waals surface area contributed by atoms with E-state index in [0.717, 1.165) is 13.8 Å². The second-order valence-electron chi connectivity index (χ2n) is 3.13. The lowest BCUT2D eigenvalue weighted by molar-refractivity contribution is 0.456. The first-order valence-corrected chi connectivity index (χ1v) is 6.70. The highest BCUT2D eigenvalue weighted by atomic mass is 127. The number of halogens is 2. The quantitative estimate of drug-likeness (QED) is 0.791. The van der Waals surface area contributed by atoms with E-state index in [1.165, 1.54) is 0 Å². The first-order valence-electron chi connectivity index (χ1n) is 4.83. The maximum absolute atomic E-state index is 5.74. The van der Waals surface area contributed by atoms with Crippen LogP contribution in [0.1, 0.15) is 0 Å². The molecule has 6 heteroatoms. The summed E-state index contributed by atoms with van der Waals surface area (Å²) >= 11 is 5.58. The maximum atomic E-state index is 5.74. The summed E-state index contributed by atoms with van der Waals surface area (Å²) in [5.74, 6) is 1.79. The van der Waals surface area contributed by atoms with Crippen LogP contribution >= 0.6 is 38.5 Å². The van der Waals surface area contributed by atoms with Gasteiger partial charge in [0.2, 0.25) is 11.8 Å². The van der Waals surface area contributed by atoms with Gasteiger partial charge in [-0.05, 0) is 50.7 Å². The second kappa shape index (κ2) is 5.63. The molecule has 0 spiro atoms. The number of nitrogens with one attached hydrogen (secondary N) is 1. The highest BCUT2D eigenvalue weighted by Crippen LogP contribution is 2.30. The number of ether oxygens (including phenoxy) is 1. The van der Waals surface area contributed by atoms with Gasteiger partial charge in [0.05, 0.1) is 14.2 Å². The van der Waals surface area contributed by atoms with Crippen LogP contribution in [-0.2, 0) is 0 Å². The number of nitrogens with zero attached hydrogens (tertiary/aromatic N) is 2. The van der Waals surface area contributed by atoms with E-state index >= 15 is 0 Å². The molecule has 0 amide bonds. The molecule has 0 atom stereocenters. The lowest BCUT2D eigenvalue weighted by atomic mass is 10.3. The van der Waals surface area contributed by atoms with Gasteiger partial charge in [-0.25, -0.2) is 4.98 Å². The Labute approximate surface area is 121 Å². The van der Waals surface area contributed by atoms with Gasteiger partial charge in [0.1, 0.15) is 5.75 Å². The molecule has 2 aromatic rings. The van der Waals surface area contributed by atoms with Crippen molar-refractivity contribution in [3.8, 4) is 11.6 Å². The third-order valence-electron chi connectivity index (χ3n) is 1.98. The fourth-order valence-corrected chi connectivity index (χ4v) is 1.94. The Morgan fingerprint density at radius 2 is 2.12 bits per heavy atom. The topological polar surface area (TPSA) is 47.0 Å². The lowest BCUT2D eigenvalue weighted by Gasteiger charge is -2.08. The number of hydrogen-bond donors (Lipinski definition) is 1. The van der Waals surface area contributed by atoms with Gasteiger partial charge in [-0.3, -0.25) is 0 Å². The molecule has 0 saturated heterocycles. The van der Waals surface area contributed by atoms with Gasteiger partial charge in [-0.15, -0.1) is 0 Å². The van der Waals surface area contributed by atoms with E-state index in [1.54, 1.807) is 13.2 Å². The Kier molecular flexibility index (Phi) is 4.16. The molecule has 88 valence electrons. The van der Waals surface area contributed by atoms with Crippen LogP contribution in [-0.4, -0.2) is 17.0 Å². The zero-order chi connectivity index (χ0) is 12.3. The molecule has 1 heterocycles. The van der Waals surface area contributed by atoms with Crippen LogP contribution in [0.5, 0.6) is 11.6 Å². The van der Waals surface area contributed by atoms with Crippen LogP contribution in [0.2, 0.25) is 0 Å². The summed E-state index contributed by atoms with van der Waals surface area (Å²) in [5, 5.41) is 2.87. The van der Waals surface area contributed by atoms with Gasteiger partial charge in [0, 0.05) is 7.05 Å². The maximum Gasteiger partial charge on any atom is 0.238 e. The summed E-state index contributed by atoms with van der Waals surface area (Å²) in [4.78, 5) is 8.30. The Balaban J connectivity index is 2.32. The second-order valence-corrected chi connectivity index (χ2v) is 5.15. The number of anilines is 1. The molecule has 1 aromatic carbocycles. The molecule has 0 aliphatic carbocycles. The van der Waals surface area contributed by atoms with E-state index in [9.17, 15) is 0 Å². The fraction of sp³-hybridized carbons (Fsp3) is 0.0909. The number of hydrogen-bond acceptors (Lipinski definition) is 4. The number of benzene rings is 1. The normalized spacial score (nSPS) is 10.1. The van der Waals surface area contributed by atoms with Crippen molar-refractivity contribution >= 4 is 44.5 Å². The Bertz CT molecular complexity index is 536. The van der Waals surface area contributed by atoms with Crippen molar-refractivity contribution in [1.82, 2.24) is 9.97 Å². The number of aromatic nitrogens is 2. The van der Waals surface area contributed by atoms with Gasteiger partial charge in [-0.1, -0.05) is 12.1 Å². The van der Waals surface area contributed by atoms with Crippen molar-refractivity contribution < 1.29 is 4.74 Å². The third-order valence-corrected chi connectivity index (χ3v) is 3.41. The summed E-state index contributed by atoms with van der Waals surface area (Å²) in [5.41, 5.74) is 0. The molecule has 0 radical (unpaired) electrons. The van der Waals surface area contributed by atoms with E-state index in [4.69, 9.17) is 4.74 Å². The molecule has 0 bridgehead atoms. The minimum absolute atomic E-state index is 0.494. The Morgan fingerprint density at radius 3 is 2.82 bits per heavy atom. The van der Waals surface area contributed by atoms with Crippen LogP contribution in [0.4, 0.5) is 5.95 Å². The van der Waals surface area contributed by atoms with E-state index in [2.05, 4.69) is 53.8 Å². The lowest BCUT2D eigenvalue weighted by Crippen LogP contribution is -1.99. The summed E-state index contributed by atoms with van der Waals surface area (Å²) in [6.45, 7) is 0. The van der Waals surface area contributed by atoms with Crippen LogP contribution < -0.4 is 10.1 Å². The van der Waals surface area contributed by atoms with Crippen LogP contribution in [0.25, 0.3) is 0 Å². The Morgan fingerprint density at radius 1 is 1.35 bits per heavy atom. The van der Waals surface area contributed by atoms with Crippen LogP contribution in [0.3, 0.4) is 0 Å². The Hall–Kier alpha value is -0.890. The first kappa shape index (κ1) is 12.6. The van der Waals surface area contributed by atoms with Gasteiger partial charge in [-0.2, -0.15) is 4.98 Å². The van der Waals surface area contributed by atoms with E-state index in [1.807, 2.05) is 24.3 Å². The predicted octanol–water partition coefficient (Wildman–Crippen LogP) is 3.68. The smallest absolute Gasteiger partial charge is 0.238 e. The van der Waals surface area contributed by atoms with Crippen molar-refractivity contribution in [3.05, 3.63) is 38.5 Å². The molecule has 0 fully saturated rings. The average molecular weight is 406 g/mol. The van der Waals surface area contributed by atoms with Crippen LogP contribution in [0.15, 0.2) is 34.9 Å². The molecule has 17 heavy (non-hydrogen) atoms. The van der Waals surface area contributed by atoms with E-state index < -0.39 is 0 Å². The SMILES string of the molecule is CNc1ncc(Br)c(Oc2ccccc2I)n1. The summed E-state index contributed by atoms with van der Waals surface area (Å²) < 4.78 is 7.48. The largest absolute Gasteiger partial charge is 0.437 e. The molecule has 1 N–H and O–H groups in total. The van der Waals surface area contributed by atoms with Crippen molar-refractivity contribution in [1.29, 1.82) is 0 Å². The van der Waals surface area contributed by atoms with Crippen molar-refractivity contribution in [3.63, 3.8) is 0 Å². The van der Waals surface area contributed by atoms with E-state index in [-0.39, 0.29) is 0 Å². The molecule has 2 rings (SSSR count). The van der Waals surface area contributed by atoms with Crippen molar-refractivity contribution in [2.24, 2.45) is 0 Å². The molecule has 0 saturated carbocycles. The van der Waals surface area contributed by atoms with Gasteiger partial charge in [0.15, 0.2) is 0 Å². The summed E-state index contributed by atoms with van der Waals surface area (Å²) in [7, 11) is 1.76. The van der Waals surface area contributed by atoms with Crippen molar-refractivity contribution in [2.75, 3.05) is 12.4 Å². The fourth-order valence-electron chi connectivity index (χ4n) is 1.18. The van der Waals surface area contributed by atoms with Crippen molar-refractivity contribution in [2.45, 2.75) is 0 Å². The average Bonchev–Trinajstić information content (AvgIpc) is 2.35. The molecule has 0 aliphatic rings. The standard InChI is InChI=1S/C11H9BrIN3O/c1-14-11-15-6-7(12)10(16-11)17-9-5-3-2-4-8(9)13/h2-6H,1H3,(H,14,15,16). The third kappa shape index (κ3) is 3.06. The molecular weight excluding hydrogens is 397 g/mol. The number of para-hydroxylation sites is 1. The highest BCUT2D eigenvalue weighted by Gasteiger charge is 2.08. The summed E-state index contributed by atoms with van der Waals surface area (Å²) in [6, 6.07) is 7.76. The van der Waals surface area contributed by atoms with E-state index in [0.29, 0.717) is 11.8 Å².